The maximum atomic E-state index is 15.4. The summed E-state index contributed by atoms with van der Waals surface area (Å²) in [4.78, 5) is 16.2. The average molecular weight is 537 g/mol. The van der Waals surface area contributed by atoms with Crippen molar-refractivity contribution in [3.05, 3.63) is 29.6 Å². The summed E-state index contributed by atoms with van der Waals surface area (Å²) in [7, 11) is -1.94. The van der Waals surface area contributed by atoms with Crippen LogP contribution in [0.3, 0.4) is 0 Å². The highest BCUT2D eigenvalue weighted by Gasteiger charge is 2.37. The van der Waals surface area contributed by atoms with E-state index in [2.05, 4.69) is 38.8 Å². The van der Waals surface area contributed by atoms with Crippen LogP contribution in [0, 0.1) is 11.7 Å². The lowest BCUT2D eigenvalue weighted by Crippen LogP contribution is -2.44. The van der Waals surface area contributed by atoms with Gasteiger partial charge in [0.1, 0.15) is 5.60 Å². The second-order valence-corrected chi connectivity index (χ2v) is 18.0. The van der Waals surface area contributed by atoms with Gasteiger partial charge in [-0.25, -0.2) is 9.18 Å². The molecule has 0 N–H and O–H groups in total. The van der Waals surface area contributed by atoms with E-state index in [0.717, 1.165) is 45.4 Å². The molecule has 2 aliphatic heterocycles. The van der Waals surface area contributed by atoms with Gasteiger partial charge in [-0.05, 0) is 76.6 Å². The zero-order valence-electron chi connectivity index (χ0n) is 24.4. The lowest BCUT2D eigenvalue weighted by Gasteiger charge is -2.37. The summed E-state index contributed by atoms with van der Waals surface area (Å²) in [5.41, 5.74) is 0.859. The molecular formula is C29H49FN2O4Si. The molecule has 0 bridgehead atoms. The maximum Gasteiger partial charge on any atom is 0.410 e. The quantitative estimate of drug-likeness (QED) is 0.352. The lowest BCUT2D eigenvalue weighted by molar-refractivity contribution is -0.0230. The summed E-state index contributed by atoms with van der Waals surface area (Å²) in [6, 6.07) is 5.68. The molecule has 2 aliphatic rings. The molecule has 0 atom stereocenters. The number of anilines is 1. The van der Waals surface area contributed by atoms with Crippen molar-refractivity contribution in [1.82, 2.24) is 4.90 Å². The van der Waals surface area contributed by atoms with Gasteiger partial charge in [0.15, 0.2) is 14.1 Å². The molecule has 6 nitrogen and oxygen atoms in total. The van der Waals surface area contributed by atoms with Crippen molar-refractivity contribution in [2.45, 2.75) is 104 Å². The van der Waals surface area contributed by atoms with E-state index in [4.69, 9.17) is 13.9 Å². The van der Waals surface area contributed by atoms with Crippen LogP contribution in [0.1, 0.15) is 72.8 Å². The van der Waals surface area contributed by atoms with Gasteiger partial charge in [-0.1, -0.05) is 32.9 Å². The van der Waals surface area contributed by atoms with Crippen LogP contribution in [0.4, 0.5) is 14.9 Å². The summed E-state index contributed by atoms with van der Waals surface area (Å²) in [6.45, 7) is 20.7. The number of hydrogen-bond donors (Lipinski definition) is 0. The molecule has 1 aromatic carbocycles. The third-order valence-electron chi connectivity index (χ3n) is 8.07. The Morgan fingerprint density at radius 1 is 1.00 bits per heavy atom. The first-order valence-electron chi connectivity index (χ1n) is 13.9. The number of piperidine rings is 2. The lowest BCUT2D eigenvalue weighted by atomic mass is 9.96. The normalized spacial score (nSPS) is 18.8. The molecule has 2 fully saturated rings. The summed E-state index contributed by atoms with van der Waals surface area (Å²) >= 11 is 0. The zero-order chi connectivity index (χ0) is 27.4. The highest BCUT2D eigenvalue weighted by Crippen LogP contribution is 2.37. The molecule has 3 rings (SSSR count). The van der Waals surface area contributed by atoms with E-state index >= 15 is 4.39 Å². The molecule has 1 amide bonds. The molecule has 2 saturated heterocycles. The molecule has 0 aromatic heterocycles. The number of ether oxygens (including phenoxy) is 2. The molecule has 0 unspecified atom stereocenters. The Morgan fingerprint density at radius 2 is 1.62 bits per heavy atom. The van der Waals surface area contributed by atoms with Gasteiger partial charge in [-0.3, -0.25) is 0 Å². The average Bonchev–Trinajstić information content (AvgIpc) is 2.81. The molecular weight excluding hydrogens is 487 g/mol. The Bertz CT molecular complexity index is 896. The van der Waals surface area contributed by atoms with E-state index in [9.17, 15) is 4.79 Å². The molecule has 210 valence electrons. The van der Waals surface area contributed by atoms with E-state index in [1.807, 2.05) is 39.0 Å². The number of hydrogen-bond acceptors (Lipinski definition) is 5. The van der Waals surface area contributed by atoms with Gasteiger partial charge in [0.05, 0.1) is 18.4 Å². The maximum absolute atomic E-state index is 15.4. The highest BCUT2D eigenvalue weighted by atomic mass is 28.4. The molecule has 0 saturated carbocycles. The Kier molecular flexibility index (Phi) is 9.73. The fourth-order valence-electron chi connectivity index (χ4n) is 4.54. The van der Waals surface area contributed by atoms with E-state index < -0.39 is 13.9 Å². The smallest absolute Gasteiger partial charge is 0.410 e. The SMILES string of the molecule is CC(C)(C)OC(=O)N1CCC(OCC2CCN(c3cccc(CO[Si](C)(C)C(C)(C)C)c3F)CC2)CC1. The Labute approximate surface area is 225 Å². The van der Waals surface area contributed by atoms with Gasteiger partial charge in [-0.15, -0.1) is 0 Å². The Hall–Kier alpha value is -1.64. The Balaban J connectivity index is 1.43. The van der Waals surface area contributed by atoms with Gasteiger partial charge < -0.3 is 23.7 Å². The van der Waals surface area contributed by atoms with Crippen LogP contribution in [0.5, 0.6) is 0 Å². The zero-order valence-corrected chi connectivity index (χ0v) is 25.4. The van der Waals surface area contributed by atoms with Gasteiger partial charge >= 0.3 is 6.09 Å². The van der Waals surface area contributed by atoms with Crippen molar-refractivity contribution in [2.24, 2.45) is 5.92 Å². The third kappa shape index (κ3) is 8.42. The monoisotopic (exact) mass is 536 g/mol. The van der Waals surface area contributed by atoms with Crippen molar-refractivity contribution >= 4 is 20.1 Å². The van der Waals surface area contributed by atoms with Crippen LogP contribution in [0.2, 0.25) is 18.1 Å². The van der Waals surface area contributed by atoms with Crippen molar-refractivity contribution in [1.29, 1.82) is 0 Å². The highest BCUT2D eigenvalue weighted by molar-refractivity contribution is 6.74. The summed E-state index contributed by atoms with van der Waals surface area (Å²) in [5.74, 6) is 0.334. The number of carbonyl (C=O) groups excluding carboxylic acids is 1. The first-order chi connectivity index (χ1) is 17.2. The van der Waals surface area contributed by atoms with Gasteiger partial charge in [0.2, 0.25) is 0 Å². The molecule has 0 aliphatic carbocycles. The predicted molar refractivity (Wildman–Crippen MR) is 150 cm³/mol. The largest absolute Gasteiger partial charge is 0.444 e. The minimum atomic E-state index is -1.94. The first-order valence-corrected chi connectivity index (χ1v) is 16.8. The van der Waals surface area contributed by atoms with Gasteiger partial charge in [0.25, 0.3) is 0 Å². The summed E-state index contributed by atoms with van der Waals surface area (Å²) < 4.78 is 33.4. The minimum Gasteiger partial charge on any atom is -0.444 e. The number of benzene rings is 1. The van der Waals surface area contributed by atoms with Crippen LogP contribution in [-0.2, 0) is 20.5 Å². The van der Waals surface area contributed by atoms with Crippen LogP contribution in [-0.4, -0.2) is 63.8 Å². The molecule has 2 heterocycles. The number of nitrogens with zero attached hydrogens (tertiary/aromatic N) is 2. The second-order valence-electron chi connectivity index (χ2n) is 13.2. The molecule has 8 heteroatoms. The van der Waals surface area contributed by atoms with Crippen molar-refractivity contribution in [3.63, 3.8) is 0 Å². The van der Waals surface area contributed by atoms with E-state index in [0.29, 0.717) is 36.9 Å². The van der Waals surface area contributed by atoms with Gasteiger partial charge in [-0.2, -0.15) is 0 Å². The number of likely N-dealkylation sites (tertiary alicyclic amines) is 1. The Morgan fingerprint density at radius 3 is 2.19 bits per heavy atom. The van der Waals surface area contributed by atoms with Crippen molar-refractivity contribution < 1.29 is 23.1 Å². The topological polar surface area (TPSA) is 51.2 Å². The number of amides is 1. The number of halogens is 1. The molecule has 0 spiro atoms. The predicted octanol–water partition coefficient (Wildman–Crippen LogP) is 6.98. The molecule has 1 aromatic rings. The third-order valence-corrected chi connectivity index (χ3v) is 12.5. The van der Waals surface area contributed by atoms with Crippen LogP contribution < -0.4 is 4.90 Å². The summed E-state index contributed by atoms with van der Waals surface area (Å²) in [6.07, 6.45) is 3.61. The van der Waals surface area contributed by atoms with Crippen LogP contribution in [0.25, 0.3) is 0 Å². The van der Waals surface area contributed by atoms with Crippen molar-refractivity contribution in [3.8, 4) is 0 Å². The van der Waals surface area contributed by atoms with Gasteiger partial charge in [0, 0.05) is 38.3 Å². The van der Waals surface area contributed by atoms with Crippen LogP contribution in [0.15, 0.2) is 18.2 Å². The first kappa shape index (κ1) is 29.9. The fourth-order valence-corrected chi connectivity index (χ4v) is 5.49. The minimum absolute atomic E-state index is 0.0974. The number of carbonyl (C=O) groups is 1. The fraction of sp³-hybridized carbons (Fsp3) is 0.759. The van der Waals surface area contributed by atoms with Crippen molar-refractivity contribution in [2.75, 3.05) is 37.7 Å². The van der Waals surface area contributed by atoms with E-state index in [1.54, 1.807) is 4.90 Å². The second kappa shape index (κ2) is 12.0. The standard InChI is InChI=1S/C29H49FN2O4Si/c1-28(2,3)36-27(33)32-18-14-24(15-19-32)34-20-22-12-16-31(17-13-22)25-11-9-10-23(26(25)30)21-35-37(7,8)29(4,5)6/h9-11,22,24H,12-21H2,1-8H3. The summed E-state index contributed by atoms with van der Waals surface area (Å²) in [5, 5.41) is 0.0974. The molecule has 0 radical (unpaired) electrons. The van der Waals surface area contributed by atoms with Crippen LogP contribution >= 0.6 is 0 Å². The van der Waals surface area contributed by atoms with E-state index in [-0.39, 0.29) is 23.1 Å². The van der Waals surface area contributed by atoms with E-state index in [1.165, 1.54) is 0 Å². The number of rotatable bonds is 7. The molecule has 37 heavy (non-hydrogen) atoms.